The Morgan fingerprint density at radius 2 is 1.83 bits per heavy atom. The first-order valence-electron chi connectivity index (χ1n) is 6.20. The van der Waals surface area contributed by atoms with Gasteiger partial charge in [-0.15, -0.1) is 0 Å². The van der Waals surface area contributed by atoms with Crippen molar-refractivity contribution in [2.45, 2.75) is 19.5 Å². The molecule has 1 amide bonds. The molecule has 0 radical (unpaired) electrons. The summed E-state index contributed by atoms with van der Waals surface area (Å²) in [5, 5.41) is 2.13. The maximum atomic E-state index is 11.9. The molecule has 18 heavy (non-hydrogen) atoms. The van der Waals surface area contributed by atoms with Crippen LogP contribution in [0.2, 0.25) is 0 Å². The molecule has 0 spiro atoms. The molecule has 1 N–H and O–H groups in total. The Kier molecular flexibility index (Phi) is 5.87. The summed E-state index contributed by atoms with van der Waals surface area (Å²) in [6.07, 6.45) is -3.19. The number of nitrogens with one attached hydrogen (secondary N) is 1. The van der Waals surface area contributed by atoms with Gasteiger partial charge in [0.25, 0.3) is 0 Å². The van der Waals surface area contributed by atoms with Crippen molar-refractivity contribution in [2.75, 3.05) is 45.8 Å². The summed E-state index contributed by atoms with van der Waals surface area (Å²) >= 11 is 0. The van der Waals surface area contributed by atoms with Crippen LogP contribution < -0.4 is 5.32 Å². The van der Waals surface area contributed by atoms with E-state index in [9.17, 15) is 18.0 Å². The molecular weight excluding hydrogens is 247 g/mol. The van der Waals surface area contributed by atoms with Gasteiger partial charge in [0, 0.05) is 26.2 Å². The summed E-state index contributed by atoms with van der Waals surface area (Å²) in [4.78, 5) is 15.5. The number of hydrogen-bond acceptors (Lipinski definition) is 3. The third-order valence-electron chi connectivity index (χ3n) is 2.87. The van der Waals surface area contributed by atoms with Gasteiger partial charge in [-0.05, 0) is 13.0 Å². The Morgan fingerprint density at radius 1 is 1.22 bits per heavy atom. The summed E-state index contributed by atoms with van der Waals surface area (Å²) in [7, 11) is 0. The molecule has 0 saturated carbocycles. The van der Waals surface area contributed by atoms with Crippen LogP contribution in [0.3, 0.4) is 0 Å². The first kappa shape index (κ1) is 15.2. The summed E-state index contributed by atoms with van der Waals surface area (Å²) < 4.78 is 35.7. The number of hydrogen-bond donors (Lipinski definition) is 1. The fourth-order valence-electron chi connectivity index (χ4n) is 1.96. The first-order chi connectivity index (χ1) is 8.42. The zero-order valence-corrected chi connectivity index (χ0v) is 10.6. The van der Waals surface area contributed by atoms with Gasteiger partial charge < -0.3 is 10.2 Å². The molecule has 1 saturated heterocycles. The second-order valence-electron chi connectivity index (χ2n) is 4.44. The molecule has 1 rings (SSSR count). The molecule has 1 aliphatic heterocycles. The Labute approximate surface area is 105 Å². The largest absolute Gasteiger partial charge is 0.401 e. The molecule has 0 aromatic rings. The summed E-state index contributed by atoms with van der Waals surface area (Å²) in [5.41, 5.74) is 0. The van der Waals surface area contributed by atoms with Crippen LogP contribution in [0.15, 0.2) is 0 Å². The van der Waals surface area contributed by atoms with E-state index < -0.39 is 12.7 Å². The predicted octanol–water partition coefficient (Wildman–Crippen LogP) is 0.692. The number of carbonyl (C=O) groups excluding carboxylic acids is 1. The molecule has 7 heteroatoms. The highest BCUT2D eigenvalue weighted by atomic mass is 19.4. The fourth-order valence-corrected chi connectivity index (χ4v) is 1.96. The van der Waals surface area contributed by atoms with Crippen molar-refractivity contribution in [1.29, 1.82) is 0 Å². The minimum atomic E-state index is -4.26. The molecule has 0 aliphatic carbocycles. The number of amides is 1. The highest BCUT2D eigenvalue weighted by molar-refractivity contribution is 5.78. The second kappa shape index (κ2) is 6.94. The van der Waals surface area contributed by atoms with E-state index >= 15 is 0 Å². The lowest BCUT2D eigenvalue weighted by atomic mass is 10.3. The van der Waals surface area contributed by atoms with Crippen molar-refractivity contribution in [2.24, 2.45) is 0 Å². The number of carbonyl (C=O) groups is 1. The highest BCUT2D eigenvalue weighted by Crippen LogP contribution is 2.12. The molecule has 0 unspecified atom stereocenters. The highest BCUT2D eigenvalue weighted by Gasteiger charge is 2.27. The van der Waals surface area contributed by atoms with Gasteiger partial charge in [0.1, 0.15) is 0 Å². The quantitative estimate of drug-likeness (QED) is 0.796. The van der Waals surface area contributed by atoms with Gasteiger partial charge in [-0.25, -0.2) is 0 Å². The topological polar surface area (TPSA) is 35.6 Å². The van der Waals surface area contributed by atoms with Gasteiger partial charge in [-0.1, -0.05) is 6.92 Å². The number of piperazine rings is 1. The van der Waals surface area contributed by atoms with Gasteiger partial charge in [0.2, 0.25) is 5.91 Å². The summed E-state index contributed by atoms with van der Waals surface area (Å²) in [6.45, 7) is 4.56. The lowest BCUT2D eigenvalue weighted by Crippen LogP contribution is -2.51. The molecule has 1 heterocycles. The SMILES string of the molecule is CCCN1CCN(C(=O)CNCC(F)(F)F)CC1. The van der Waals surface area contributed by atoms with E-state index in [1.165, 1.54) is 0 Å². The predicted molar refractivity (Wildman–Crippen MR) is 62.2 cm³/mol. The average Bonchev–Trinajstić information content (AvgIpc) is 2.28. The van der Waals surface area contributed by atoms with Crippen LogP contribution in [0.1, 0.15) is 13.3 Å². The normalized spacial score (nSPS) is 18.1. The molecule has 1 fully saturated rings. The van der Waals surface area contributed by atoms with E-state index in [2.05, 4.69) is 17.1 Å². The van der Waals surface area contributed by atoms with Crippen molar-refractivity contribution in [1.82, 2.24) is 15.1 Å². The number of halogens is 3. The van der Waals surface area contributed by atoms with E-state index in [-0.39, 0.29) is 12.5 Å². The van der Waals surface area contributed by atoms with E-state index in [0.29, 0.717) is 13.1 Å². The third kappa shape index (κ3) is 5.68. The van der Waals surface area contributed by atoms with Crippen molar-refractivity contribution in [3.63, 3.8) is 0 Å². The molecule has 1 aliphatic rings. The van der Waals surface area contributed by atoms with Gasteiger partial charge in [-0.2, -0.15) is 13.2 Å². The van der Waals surface area contributed by atoms with Gasteiger partial charge in [-0.3, -0.25) is 9.69 Å². The van der Waals surface area contributed by atoms with Crippen LogP contribution in [0, 0.1) is 0 Å². The van der Waals surface area contributed by atoms with E-state index in [4.69, 9.17) is 0 Å². The van der Waals surface area contributed by atoms with E-state index in [1.54, 1.807) is 4.90 Å². The van der Waals surface area contributed by atoms with E-state index in [0.717, 1.165) is 26.1 Å². The Hall–Kier alpha value is -0.820. The van der Waals surface area contributed by atoms with Crippen LogP contribution >= 0.6 is 0 Å². The number of alkyl halides is 3. The zero-order chi connectivity index (χ0) is 13.6. The minimum absolute atomic E-state index is 0.243. The first-order valence-corrected chi connectivity index (χ1v) is 6.20. The van der Waals surface area contributed by atoms with Crippen molar-refractivity contribution in [3.8, 4) is 0 Å². The van der Waals surface area contributed by atoms with Crippen LogP contribution in [-0.2, 0) is 4.79 Å². The third-order valence-corrected chi connectivity index (χ3v) is 2.87. The molecule has 4 nitrogen and oxygen atoms in total. The zero-order valence-electron chi connectivity index (χ0n) is 10.6. The second-order valence-corrected chi connectivity index (χ2v) is 4.44. The lowest BCUT2D eigenvalue weighted by Gasteiger charge is -2.34. The lowest BCUT2D eigenvalue weighted by molar-refractivity contribution is -0.135. The average molecular weight is 267 g/mol. The standard InChI is InChI=1S/C11H20F3N3O/c1-2-3-16-4-6-17(7-5-16)10(18)8-15-9-11(12,13)14/h15H,2-9H2,1H3. The molecule has 0 aromatic carbocycles. The fraction of sp³-hybridized carbons (Fsp3) is 0.909. The summed E-state index contributed by atoms with van der Waals surface area (Å²) in [6, 6.07) is 0. The van der Waals surface area contributed by atoms with Crippen molar-refractivity contribution < 1.29 is 18.0 Å². The van der Waals surface area contributed by atoms with Crippen LogP contribution in [0.4, 0.5) is 13.2 Å². The Morgan fingerprint density at radius 3 is 2.33 bits per heavy atom. The molecule has 0 atom stereocenters. The van der Waals surface area contributed by atoms with Crippen molar-refractivity contribution >= 4 is 5.91 Å². The van der Waals surface area contributed by atoms with Crippen molar-refractivity contribution in [3.05, 3.63) is 0 Å². The number of rotatable bonds is 5. The molecule has 0 aromatic heterocycles. The Bertz CT molecular complexity index is 263. The maximum absolute atomic E-state index is 11.9. The van der Waals surface area contributed by atoms with Gasteiger partial charge in [0.05, 0.1) is 13.1 Å². The Balaban J connectivity index is 2.20. The monoisotopic (exact) mass is 267 g/mol. The van der Waals surface area contributed by atoms with Crippen LogP contribution in [0.5, 0.6) is 0 Å². The number of nitrogens with zero attached hydrogens (tertiary/aromatic N) is 2. The minimum Gasteiger partial charge on any atom is -0.339 e. The molecular formula is C11H20F3N3O. The van der Waals surface area contributed by atoms with Crippen LogP contribution in [0.25, 0.3) is 0 Å². The van der Waals surface area contributed by atoms with Gasteiger partial charge >= 0.3 is 6.18 Å². The molecule has 106 valence electrons. The van der Waals surface area contributed by atoms with Gasteiger partial charge in [0.15, 0.2) is 0 Å². The summed E-state index contributed by atoms with van der Waals surface area (Å²) in [5.74, 6) is -0.254. The maximum Gasteiger partial charge on any atom is 0.401 e. The molecule has 0 bridgehead atoms. The smallest absolute Gasteiger partial charge is 0.339 e. The van der Waals surface area contributed by atoms with Crippen LogP contribution in [-0.4, -0.2) is 67.7 Å². The van der Waals surface area contributed by atoms with E-state index in [1.807, 2.05) is 0 Å².